The second-order valence-corrected chi connectivity index (χ2v) is 6.55. The average Bonchev–Trinajstić information content (AvgIpc) is 2.68. The minimum absolute atomic E-state index is 0.0380. The molecule has 0 saturated carbocycles. The third-order valence-corrected chi connectivity index (χ3v) is 4.76. The smallest absolute Gasteiger partial charge is 0.253 e. The van der Waals surface area contributed by atoms with Gasteiger partial charge in [0.1, 0.15) is 19.0 Å². The van der Waals surface area contributed by atoms with Crippen LogP contribution in [0.3, 0.4) is 0 Å². The van der Waals surface area contributed by atoms with E-state index in [0.717, 1.165) is 31.1 Å². The van der Waals surface area contributed by atoms with Crippen molar-refractivity contribution in [1.29, 1.82) is 0 Å². The van der Waals surface area contributed by atoms with Gasteiger partial charge in [-0.1, -0.05) is 6.07 Å². The fourth-order valence-corrected chi connectivity index (χ4v) is 3.33. The summed E-state index contributed by atoms with van der Waals surface area (Å²) in [5.41, 5.74) is 1.71. The standard InChI is InChI=1S/C20H21FN2O3/c21-17-4-2-16(3-5-17)20(24)23-9-7-22(8-10-23)14-15-1-6-18-19(13-15)26-12-11-25-18/h1-6,13H,7-12,14H2. The molecule has 0 aliphatic carbocycles. The minimum Gasteiger partial charge on any atom is -0.486 e. The molecule has 0 N–H and O–H groups in total. The van der Waals surface area contributed by atoms with Crippen molar-refractivity contribution in [1.82, 2.24) is 9.80 Å². The lowest BCUT2D eigenvalue weighted by Gasteiger charge is -2.35. The largest absolute Gasteiger partial charge is 0.486 e. The van der Waals surface area contributed by atoms with E-state index < -0.39 is 0 Å². The summed E-state index contributed by atoms with van der Waals surface area (Å²) in [5, 5.41) is 0. The molecule has 6 heteroatoms. The molecule has 5 nitrogen and oxygen atoms in total. The van der Waals surface area contributed by atoms with E-state index in [9.17, 15) is 9.18 Å². The molecule has 0 spiro atoms. The predicted molar refractivity (Wildman–Crippen MR) is 95.0 cm³/mol. The Balaban J connectivity index is 1.33. The summed E-state index contributed by atoms with van der Waals surface area (Å²) < 4.78 is 24.2. The maximum atomic E-state index is 13.0. The van der Waals surface area contributed by atoms with Crippen LogP contribution < -0.4 is 9.47 Å². The van der Waals surface area contributed by atoms with Gasteiger partial charge in [-0.2, -0.15) is 0 Å². The van der Waals surface area contributed by atoms with Crippen LogP contribution in [-0.4, -0.2) is 55.1 Å². The Bertz CT molecular complexity index is 786. The van der Waals surface area contributed by atoms with Gasteiger partial charge in [-0.05, 0) is 42.0 Å². The summed E-state index contributed by atoms with van der Waals surface area (Å²) in [6.07, 6.45) is 0. The van der Waals surface area contributed by atoms with E-state index >= 15 is 0 Å². The van der Waals surface area contributed by atoms with E-state index in [1.165, 1.54) is 17.7 Å². The van der Waals surface area contributed by atoms with Crippen LogP contribution in [0.2, 0.25) is 0 Å². The lowest BCUT2D eigenvalue weighted by Crippen LogP contribution is -2.48. The molecule has 2 heterocycles. The lowest BCUT2D eigenvalue weighted by atomic mass is 10.1. The van der Waals surface area contributed by atoms with Gasteiger partial charge in [0.25, 0.3) is 5.91 Å². The van der Waals surface area contributed by atoms with Crippen molar-refractivity contribution in [2.45, 2.75) is 6.54 Å². The fraction of sp³-hybridized carbons (Fsp3) is 0.350. The van der Waals surface area contributed by atoms with Gasteiger partial charge in [-0.3, -0.25) is 9.69 Å². The molecular weight excluding hydrogens is 335 g/mol. The highest BCUT2D eigenvalue weighted by molar-refractivity contribution is 5.94. The molecule has 2 aliphatic rings. The first-order valence-corrected chi connectivity index (χ1v) is 8.85. The topological polar surface area (TPSA) is 42.0 Å². The number of piperazine rings is 1. The number of fused-ring (bicyclic) bond motifs is 1. The van der Waals surface area contributed by atoms with E-state index in [4.69, 9.17) is 9.47 Å². The Kier molecular flexibility index (Phi) is 4.75. The van der Waals surface area contributed by atoms with Gasteiger partial charge in [0.15, 0.2) is 11.5 Å². The van der Waals surface area contributed by atoms with Crippen molar-refractivity contribution in [3.63, 3.8) is 0 Å². The fourth-order valence-electron chi connectivity index (χ4n) is 3.33. The number of carbonyl (C=O) groups is 1. The van der Waals surface area contributed by atoms with Crippen LogP contribution >= 0.6 is 0 Å². The number of ether oxygens (including phenoxy) is 2. The summed E-state index contributed by atoms with van der Waals surface area (Å²) >= 11 is 0. The molecule has 2 aromatic carbocycles. The zero-order valence-electron chi connectivity index (χ0n) is 14.5. The van der Waals surface area contributed by atoms with Crippen molar-refractivity contribution >= 4 is 5.91 Å². The molecule has 2 aliphatic heterocycles. The van der Waals surface area contributed by atoms with Gasteiger partial charge < -0.3 is 14.4 Å². The van der Waals surface area contributed by atoms with Crippen molar-refractivity contribution in [2.24, 2.45) is 0 Å². The van der Waals surface area contributed by atoms with Crippen LogP contribution in [0.25, 0.3) is 0 Å². The van der Waals surface area contributed by atoms with Gasteiger partial charge in [0, 0.05) is 38.3 Å². The Hall–Kier alpha value is -2.60. The van der Waals surface area contributed by atoms with Crippen LogP contribution in [0, 0.1) is 5.82 Å². The van der Waals surface area contributed by atoms with Crippen molar-refractivity contribution < 1.29 is 18.7 Å². The third kappa shape index (κ3) is 3.65. The molecule has 0 bridgehead atoms. The van der Waals surface area contributed by atoms with E-state index in [0.29, 0.717) is 31.9 Å². The Morgan fingerprint density at radius 3 is 2.35 bits per heavy atom. The number of hydrogen-bond acceptors (Lipinski definition) is 4. The Labute approximate surface area is 151 Å². The molecule has 2 aromatic rings. The quantitative estimate of drug-likeness (QED) is 0.848. The van der Waals surface area contributed by atoms with Gasteiger partial charge >= 0.3 is 0 Å². The number of benzene rings is 2. The second-order valence-electron chi connectivity index (χ2n) is 6.55. The Morgan fingerprint density at radius 2 is 1.62 bits per heavy atom. The molecule has 1 saturated heterocycles. The van der Waals surface area contributed by atoms with Gasteiger partial charge in [0.2, 0.25) is 0 Å². The molecular formula is C20H21FN2O3. The van der Waals surface area contributed by atoms with Crippen LogP contribution in [-0.2, 0) is 6.54 Å². The zero-order chi connectivity index (χ0) is 17.9. The number of halogens is 1. The number of nitrogens with zero attached hydrogens (tertiary/aromatic N) is 2. The summed E-state index contributed by atoms with van der Waals surface area (Å²) in [6, 6.07) is 11.8. The first-order valence-electron chi connectivity index (χ1n) is 8.85. The van der Waals surface area contributed by atoms with Crippen LogP contribution in [0.15, 0.2) is 42.5 Å². The van der Waals surface area contributed by atoms with E-state index in [-0.39, 0.29) is 11.7 Å². The van der Waals surface area contributed by atoms with Gasteiger partial charge in [0.05, 0.1) is 0 Å². The van der Waals surface area contributed by atoms with Crippen molar-refractivity contribution in [3.8, 4) is 11.5 Å². The van der Waals surface area contributed by atoms with Crippen LogP contribution in [0.4, 0.5) is 4.39 Å². The van der Waals surface area contributed by atoms with Crippen molar-refractivity contribution in [2.75, 3.05) is 39.4 Å². The molecule has 1 amide bonds. The summed E-state index contributed by atoms with van der Waals surface area (Å²) in [6.45, 7) is 4.94. The highest BCUT2D eigenvalue weighted by atomic mass is 19.1. The minimum atomic E-state index is -0.328. The highest BCUT2D eigenvalue weighted by Gasteiger charge is 2.22. The molecule has 4 rings (SSSR count). The first kappa shape index (κ1) is 16.8. The SMILES string of the molecule is O=C(c1ccc(F)cc1)N1CCN(Cc2ccc3c(c2)OCCO3)CC1. The first-order chi connectivity index (χ1) is 12.7. The molecule has 0 radical (unpaired) electrons. The van der Waals surface area contributed by atoms with E-state index in [1.807, 2.05) is 17.0 Å². The highest BCUT2D eigenvalue weighted by Crippen LogP contribution is 2.31. The average molecular weight is 356 g/mol. The summed E-state index contributed by atoms with van der Waals surface area (Å²) in [7, 11) is 0. The maximum Gasteiger partial charge on any atom is 0.253 e. The summed E-state index contributed by atoms with van der Waals surface area (Å²) in [5.74, 6) is 1.24. The third-order valence-electron chi connectivity index (χ3n) is 4.76. The second kappa shape index (κ2) is 7.33. The molecule has 1 fully saturated rings. The number of hydrogen-bond donors (Lipinski definition) is 0. The maximum absolute atomic E-state index is 13.0. The molecule has 0 aromatic heterocycles. The number of amides is 1. The monoisotopic (exact) mass is 356 g/mol. The number of carbonyl (C=O) groups excluding carboxylic acids is 1. The Morgan fingerprint density at radius 1 is 0.923 bits per heavy atom. The normalized spacial score (nSPS) is 17.2. The molecule has 136 valence electrons. The number of rotatable bonds is 3. The van der Waals surface area contributed by atoms with Crippen LogP contribution in [0.1, 0.15) is 15.9 Å². The molecule has 0 unspecified atom stereocenters. The summed E-state index contributed by atoms with van der Waals surface area (Å²) in [4.78, 5) is 16.6. The van der Waals surface area contributed by atoms with E-state index in [1.54, 1.807) is 12.1 Å². The zero-order valence-corrected chi connectivity index (χ0v) is 14.5. The van der Waals surface area contributed by atoms with Gasteiger partial charge in [-0.25, -0.2) is 4.39 Å². The molecule has 0 atom stereocenters. The van der Waals surface area contributed by atoms with Crippen molar-refractivity contribution in [3.05, 3.63) is 59.4 Å². The van der Waals surface area contributed by atoms with Crippen LogP contribution in [0.5, 0.6) is 11.5 Å². The lowest BCUT2D eigenvalue weighted by molar-refractivity contribution is 0.0628. The predicted octanol–water partition coefficient (Wildman–Crippen LogP) is 2.55. The molecule has 26 heavy (non-hydrogen) atoms. The van der Waals surface area contributed by atoms with Gasteiger partial charge in [-0.15, -0.1) is 0 Å². The van der Waals surface area contributed by atoms with E-state index in [2.05, 4.69) is 11.0 Å².